The highest BCUT2D eigenvalue weighted by molar-refractivity contribution is 5.79. The highest BCUT2D eigenvalue weighted by Gasteiger charge is 2.14. The molecule has 3 aromatic heterocycles. The van der Waals surface area contributed by atoms with Gasteiger partial charge in [0.25, 0.3) is 0 Å². The van der Waals surface area contributed by atoms with Crippen LogP contribution in [0, 0.1) is 0 Å². The monoisotopic (exact) mass is 470 g/mol. The Morgan fingerprint density at radius 2 is 1.71 bits per heavy atom. The predicted molar refractivity (Wildman–Crippen MR) is 134 cm³/mol. The number of hydrogen-bond donors (Lipinski definition) is 1. The number of anilines is 1. The van der Waals surface area contributed by atoms with Gasteiger partial charge in [0.2, 0.25) is 5.95 Å². The standard InChI is InChI=1S/C26H26N6O3/c1-31-11-10-21(30-31)19-13-22-25(28-14-19)32(26(27)29-22)15-18-6-9-23(24(12-18)34-3)35-16-17-4-7-20(33-2)8-5-17/h4-14H,15-16H2,1-3H3,(H2,27,29). The summed E-state index contributed by atoms with van der Waals surface area (Å²) in [5.41, 5.74) is 11.4. The summed E-state index contributed by atoms with van der Waals surface area (Å²) in [6.45, 7) is 0.911. The first kappa shape index (κ1) is 22.3. The lowest BCUT2D eigenvalue weighted by Crippen LogP contribution is -2.06. The molecule has 0 aliphatic rings. The number of ether oxygens (including phenoxy) is 3. The fraction of sp³-hybridized carbons (Fsp3) is 0.192. The van der Waals surface area contributed by atoms with Crippen molar-refractivity contribution < 1.29 is 14.2 Å². The molecule has 178 valence electrons. The molecule has 0 saturated heterocycles. The number of nitrogens with zero attached hydrogens (tertiary/aromatic N) is 5. The molecule has 5 rings (SSSR count). The number of hydrogen-bond acceptors (Lipinski definition) is 7. The molecule has 3 heterocycles. The van der Waals surface area contributed by atoms with Crippen LogP contribution in [0.25, 0.3) is 22.4 Å². The van der Waals surface area contributed by atoms with Gasteiger partial charge < -0.3 is 19.9 Å². The van der Waals surface area contributed by atoms with Gasteiger partial charge in [0.1, 0.15) is 17.9 Å². The molecule has 0 unspecified atom stereocenters. The second-order valence-corrected chi connectivity index (χ2v) is 8.12. The van der Waals surface area contributed by atoms with Crippen LogP contribution in [-0.4, -0.2) is 38.5 Å². The minimum absolute atomic E-state index is 0.393. The average Bonchev–Trinajstić information content (AvgIpc) is 3.45. The summed E-state index contributed by atoms with van der Waals surface area (Å²) in [5.74, 6) is 2.51. The summed E-state index contributed by atoms with van der Waals surface area (Å²) in [4.78, 5) is 9.14. The summed E-state index contributed by atoms with van der Waals surface area (Å²) in [7, 11) is 5.15. The minimum Gasteiger partial charge on any atom is -0.497 e. The molecule has 9 heteroatoms. The summed E-state index contributed by atoms with van der Waals surface area (Å²) in [6, 6.07) is 17.5. The van der Waals surface area contributed by atoms with Crippen LogP contribution in [0.2, 0.25) is 0 Å². The molecular weight excluding hydrogens is 444 g/mol. The van der Waals surface area contributed by atoms with Crippen molar-refractivity contribution in [1.82, 2.24) is 24.3 Å². The van der Waals surface area contributed by atoms with Gasteiger partial charge in [-0.3, -0.25) is 9.25 Å². The van der Waals surface area contributed by atoms with E-state index in [0.717, 1.165) is 33.7 Å². The second-order valence-electron chi connectivity index (χ2n) is 8.12. The van der Waals surface area contributed by atoms with Crippen molar-refractivity contribution in [2.24, 2.45) is 7.05 Å². The van der Waals surface area contributed by atoms with Gasteiger partial charge in [0, 0.05) is 25.0 Å². The van der Waals surface area contributed by atoms with Crippen molar-refractivity contribution in [2.45, 2.75) is 13.2 Å². The Bertz CT molecular complexity index is 1470. The largest absolute Gasteiger partial charge is 0.497 e. The molecule has 0 amide bonds. The Labute approximate surface area is 202 Å². The van der Waals surface area contributed by atoms with Gasteiger partial charge in [0.15, 0.2) is 17.1 Å². The molecule has 0 bridgehead atoms. The second kappa shape index (κ2) is 9.38. The number of benzene rings is 2. The number of nitrogen functional groups attached to an aromatic ring is 1. The zero-order valence-corrected chi connectivity index (χ0v) is 19.8. The van der Waals surface area contributed by atoms with E-state index in [2.05, 4.69) is 15.1 Å². The third kappa shape index (κ3) is 4.61. The van der Waals surface area contributed by atoms with Crippen molar-refractivity contribution in [1.29, 1.82) is 0 Å². The van der Waals surface area contributed by atoms with E-state index in [9.17, 15) is 0 Å². The molecule has 0 atom stereocenters. The van der Waals surface area contributed by atoms with E-state index in [0.29, 0.717) is 36.2 Å². The van der Waals surface area contributed by atoms with E-state index in [1.54, 1.807) is 25.1 Å². The van der Waals surface area contributed by atoms with Crippen molar-refractivity contribution in [3.05, 3.63) is 78.1 Å². The molecule has 0 aliphatic carbocycles. The van der Waals surface area contributed by atoms with Crippen LogP contribution in [0.15, 0.2) is 67.0 Å². The zero-order chi connectivity index (χ0) is 24.4. The van der Waals surface area contributed by atoms with Crippen LogP contribution in [0.4, 0.5) is 5.95 Å². The van der Waals surface area contributed by atoms with Gasteiger partial charge in [-0.2, -0.15) is 5.10 Å². The number of aromatic nitrogens is 5. The van der Waals surface area contributed by atoms with Crippen LogP contribution in [0.5, 0.6) is 17.2 Å². The third-order valence-electron chi connectivity index (χ3n) is 5.75. The van der Waals surface area contributed by atoms with Crippen molar-refractivity contribution in [2.75, 3.05) is 20.0 Å². The number of methoxy groups -OCH3 is 2. The number of imidazole rings is 1. The summed E-state index contributed by atoms with van der Waals surface area (Å²) in [5, 5.41) is 4.43. The van der Waals surface area contributed by atoms with E-state index < -0.39 is 0 Å². The molecule has 0 fully saturated rings. The van der Waals surface area contributed by atoms with E-state index >= 15 is 0 Å². The van der Waals surface area contributed by atoms with Crippen LogP contribution in [0.1, 0.15) is 11.1 Å². The van der Waals surface area contributed by atoms with Gasteiger partial charge in [-0.05, 0) is 47.5 Å². The summed E-state index contributed by atoms with van der Waals surface area (Å²) >= 11 is 0. The Morgan fingerprint density at radius 1 is 0.914 bits per heavy atom. The molecule has 0 aliphatic heterocycles. The van der Waals surface area contributed by atoms with Crippen LogP contribution < -0.4 is 19.9 Å². The highest BCUT2D eigenvalue weighted by atomic mass is 16.5. The lowest BCUT2D eigenvalue weighted by molar-refractivity contribution is 0.284. The summed E-state index contributed by atoms with van der Waals surface area (Å²) in [6.07, 6.45) is 3.68. The Morgan fingerprint density at radius 3 is 2.43 bits per heavy atom. The Kier molecular flexibility index (Phi) is 5.97. The molecule has 35 heavy (non-hydrogen) atoms. The predicted octanol–water partition coefficient (Wildman–Crippen LogP) is 4.06. The maximum Gasteiger partial charge on any atom is 0.202 e. The fourth-order valence-electron chi connectivity index (χ4n) is 3.89. The number of nitrogens with two attached hydrogens (primary N) is 1. The Balaban J connectivity index is 1.35. The molecule has 0 radical (unpaired) electrons. The van der Waals surface area contributed by atoms with Gasteiger partial charge in [-0.1, -0.05) is 18.2 Å². The van der Waals surface area contributed by atoms with E-state index in [-0.39, 0.29) is 0 Å². The smallest absolute Gasteiger partial charge is 0.202 e. The van der Waals surface area contributed by atoms with E-state index in [4.69, 9.17) is 19.9 Å². The first-order valence-corrected chi connectivity index (χ1v) is 11.1. The quantitative estimate of drug-likeness (QED) is 0.365. The minimum atomic E-state index is 0.393. The summed E-state index contributed by atoms with van der Waals surface area (Å²) < 4.78 is 20.4. The van der Waals surface area contributed by atoms with Crippen LogP contribution in [0.3, 0.4) is 0 Å². The molecule has 0 spiro atoms. The number of rotatable bonds is 8. The third-order valence-corrected chi connectivity index (χ3v) is 5.75. The topological polar surface area (TPSA) is 102 Å². The zero-order valence-electron chi connectivity index (χ0n) is 19.8. The lowest BCUT2D eigenvalue weighted by atomic mass is 10.2. The van der Waals surface area contributed by atoms with Crippen LogP contribution >= 0.6 is 0 Å². The first-order valence-electron chi connectivity index (χ1n) is 11.1. The van der Waals surface area contributed by atoms with Crippen molar-refractivity contribution in [3.63, 3.8) is 0 Å². The number of pyridine rings is 1. The first-order chi connectivity index (χ1) is 17.0. The average molecular weight is 471 g/mol. The van der Waals surface area contributed by atoms with Gasteiger partial charge in [-0.15, -0.1) is 0 Å². The molecule has 9 nitrogen and oxygen atoms in total. The molecule has 0 saturated carbocycles. The molecule has 5 aromatic rings. The molecule has 2 N–H and O–H groups in total. The maximum atomic E-state index is 6.25. The van der Waals surface area contributed by atoms with E-state index in [1.165, 1.54) is 0 Å². The van der Waals surface area contributed by atoms with Gasteiger partial charge in [-0.25, -0.2) is 9.97 Å². The molecular formula is C26H26N6O3. The highest BCUT2D eigenvalue weighted by Crippen LogP contribution is 2.30. The van der Waals surface area contributed by atoms with Crippen molar-refractivity contribution in [3.8, 4) is 28.5 Å². The van der Waals surface area contributed by atoms with Gasteiger partial charge >= 0.3 is 0 Å². The fourth-order valence-corrected chi connectivity index (χ4v) is 3.89. The Hall–Kier alpha value is -4.53. The van der Waals surface area contributed by atoms with Gasteiger partial charge in [0.05, 0.1) is 26.5 Å². The van der Waals surface area contributed by atoms with E-state index in [1.807, 2.05) is 72.4 Å². The molecule has 2 aromatic carbocycles. The number of aryl methyl sites for hydroxylation is 1. The SMILES string of the molecule is COc1ccc(COc2ccc(Cn3c(N)nc4cc(-c5ccn(C)n5)cnc43)cc2OC)cc1. The normalized spacial score (nSPS) is 11.1. The maximum absolute atomic E-state index is 6.25. The van der Waals surface area contributed by atoms with Crippen molar-refractivity contribution >= 4 is 17.1 Å². The number of fused-ring (bicyclic) bond motifs is 1. The lowest BCUT2D eigenvalue weighted by Gasteiger charge is -2.13. The van der Waals surface area contributed by atoms with Crippen LogP contribution in [-0.2, 0) is 20.2 Å².